The zero-order valence-corrected chi connectivity index (χ0v) is 10.6. The van der Waals surface area contributed by atoms with Crippen LogP contribution in [0.5, 0.6) is 0 Å². The van der Waals surface area contributed by atoms with Crippen molar-refractivity contribution in [1.82, 2.24) is 9.97 Å². The number of fused-ring (bicyclic) bond motifs is 1. The Hall–Kier alpha value is -2.34. The van der Waals surface area contributed by atoms with E-state index in [0.717, 1.165) is 30.5 Å². The van der Waals surface area contributed by atoms with E-state index in [1.165, 1.54) is 11.1 Å². The molecule has 1 aromatic heterocycles. The first-order valence-electron chi connectivity index (χ1n) is 6.54. The van der Waals surface area contributed by atoms with Gasteiger partial charge in [0.15, 0.2) is 0 Å². The summed E-state index contributed by atoms with van der Waals surface area (Å²) in [7, 11) is 0. The highest BCUT2D eigenvalue weighted by Crippen LogP contribution is 2.36. The number of nitrogens with zero attached hydrogens (tertiary/aromatic N) is 2. The summed E-state index contributed by atoms with van der Waals surface area (Å²) < 4.78 is 0. The zero-order valence-electron chi connectivity index (χ0n) is 10.6. The van der Waals surface area contributed by atoms with Gasteiger partial charge < -0.3 is 4.98 Å². The fourth-order valence-electron chi connectivity index (χ4n) is 2.86. The van der Waals surface area contributed by atoms with Crippen LogP contribution in [0, 0.1) is 17.2 Å². The van der Waals surface area contributed by atoms with Crippen LogP contribution in [0.4, 0.5) is 0 Å². The van der Waals surface area contributed by atoms with Crippen LogP contribution in [-0.4, -0.2) is 9.97 Å². The number of allylic oxidation sites excluding steroid dienone is 2. The molecular formula is C16H15N3. The maximum absolute atomic E-state index is 9.04. The van der Waals surface area contributed by atoms with Gasteiger partial charge in [-0.2, -0.15) is 5.26 Å². The fraction of sp³-hybridized carbons (Fsp3) is 0.250. The van der Waals surface area contributed by atoms with Crippen molar-refractivity contribution in [3.8, 4) is 6.07 Å². The predicted molar refractivity (Wildman–Crippen MR) is 74.1 cm³/mol. The van der Waals surface area contributed by atoms with E-state index in [1.807, 2.05) is 12.3 Å². The summed E-state index contributed by atoms with van der Waals surface area (Å²) in [6.07, 6.45) is 8.40. The lowest BCUT2D eigenvalue weighted by atomic mass is 9.77. The Morgan fingerprint density at radius 1 is 1.42 bits per heavy atom. The highest BCUT2D eigenvalue weighted by molar-refractivity contribution is 5.73. The topological polar surface area (TPSA) is 52.5 Å². The third-order valence-electron chi connectivity index (χ3n) is 3.76. The first kappa shape index (κ1) is 11.7. The number of imidazole rings is 1. The summed E-state index contributed by atoms with van der Waals surface area (Å²) in [4.78, 5) is 7.28. The van der Waals surface area contributed by atoms with Crippen molar-refractivity contribution in [2.75, 3.05) is 0 Å². The molecule has 94 valence electrons. The number of hydrogen-bond acceptors (Lipinski definition) is 2. The number of aromatic nitrogens is 2. The van der Waals surface area contributed by atoms with Gasteiger partial charge in [0.1, 0.15) is 0 Å². The lowest BCUT2D eigenvalue weighted by molar-refractivity contribution is 0.580. The Kier molecular flexibility index (Phi) is 3.16. The van der Waals surface area contributed by atoms with Crippen molar-refractivity contribution in [1.29, 1.82) is 5.26 Å². The van der Waals surface area contributed by atoms with E-state index in [0.29, 0.717) is 5.92 Å². The van der Waals surface area contributed by atoms with Gasteiger partial charge in [0.2, 0.25) is 0 Å². The van der Waals surface area contributed by atoms with Gasteiger partial charge in [0, 0.05) is 12.3 Å². The molecule has 0 spiro atoms. The molecule has 0 radical (unpaired) electrons. The minimum Gasteiger partial charge on any atom is -0.351 e. The normalized spacial score (nSPS) is 19.9. The number of aryl methyl sites for hydroxylation is 1. The molecular weight excluding hydrogens is 234 g/mol. The smallest absolute Gasteiger partial charge is 0.0923 e. The first-order valence-corrected chi connectivity index (χ1v) is 6.54. The molecule has 19 heavy (non-hydrogen) atoms. The van der Waals surface area contributed by atoms with Crippen LogP contribution >= 0.6 is 0 Å². The molecule has 1 aliphatic rings. The van der Waals surface area contributed by atoms with E-state index in [1.54, 1.807) is 12.4 Å². The highest BCUT2D eigenvalue weighted by Gasteiger charge is 2.24. The van der Waals surface area contributed by atoms with E-state index in [-0.39, 0.29) is 0 Å². The molecule has 3 rings (SSSR count). The SMILES string of the molecule is N#C/C=C1/c2ccccc2CCC1Cc1c[nH]cn1. The van der Waals surface area contributed by atoms with E-state index < -0.39 is 0 Å². The quantitative estimate of drug-likeness (QED) is 0.831. The minimum absolute atomic E-state index is 0.387. The van der Waals surface area contributed by atoms with E-state index in [4.69, 9.17) is 5.26 Å². The molecule has 1 heterocycles. The molecule has 2 aromatic rings. The molecule has 1 atom stereocenters. The number of benzene rings is 1. The van der Waals surface area contributed by atoms with Gasteiger partial charge >= 0.3 is 0 Å². The standard InChI is InChI=1S/C16H15N3/c17-8-7-16-13(9-14-10-18-11-19-14)6-5-12-3-1-2-4-15(12)16/h1-4,7,10-11,13H,5-6,9H2,(H,18,19)/b16-7+. The number of nitriles is 1. The number of hydrogen-bond donors (Lipinski definition) is 1. The average molecular weight is 249 g/mol. The fourth-order valence-corrected chi connectivity index (χ4v) is 2.86. The first-order chi connectivity index (χ1) is 9.38. The molecule has 0 bridgehead atoms. The predicted octanol–water partition coefficient (Wildman–Crippen LogP) is 3.12. The van der Waals surface area contributed by atoms with Gasteiger partial charge in [-0.3, -0.25) is 0 Å². The van der Waals surface area contributed by atoms with Crippen molar-refractivity contribution < 1.29 is 0 Å². The monoisotopic (exact) mass is 249 g/mol. The van der Waals surface area contributed by atoms with Gasteiger partial charge in [0.05, 0.1) is 18.1 Å². The maximum atomic E-state index is 9.04. The van der Waals surface area contributed by atoms with Crippen LogP contribution in [0.2, 0.25) is 0 Å². The summed E-state index contributed by atoms with van der Waals surface area (Å²) in [6.45, 7) is 0. The third kappa shape index (κ3) is 2.30. The van der Waals surface area contributed by atoms with Crippen LogP contribution in [0.1, 0.15) is 23.2 Å². The molecule has 1 N–H and O–H groups in total. The van der Waals surface area contributed by atoms with Gasteiger partial charge in [-0.1, -0.05) is 24.3 Å². The Morgan fingerprint density at radius 2 is 2.32 bits per heavy atom. The molecule has 1 aliphatic carbocycles. The molecule has 0 saturated carbocycles. The molecule has 0 saturated heterocycles. The van der Waals surface area contributed by atoms with Gasteiger partial charge in [0.25, 0.3) is 0 Å². The van der Waals surface area contributed by atoms with E-state index >= 15 is 0 Å². The molecule has 1 unspecified atom stereocenters. The third-order valence-corrected chi connectivity index (χ3v) is 3.76. The second-order valence-electron chi connectivity index (χ2n) is 4.89. The molecule has 0 aliphatic heterocycles. The van der Waals surface area contributed by atoms with Gasteiger partial charge in [-0.15, -0.1) is 0 Å². The number of nitrogens with one attached hydrogen (secondary N) is 1. The summed E-state index contributed by atoms with van der Waals surface area (Å²) in [6, 6.07) is 10.6. The minimum atomic E-state index is 0.387. The maximum Gasteiger partial charge on any atom is 0.0923 e. The zero-order chi connectivity index (χ0) is 13.1. The lowest BCUT2D eigenvalue weighted by Crippen LogP contribution is -2.15. The molecule has 0 fully saturated rings. The van der Waals surface area contributed by atoms with E-state index in [2.05, 4.69) is 34.2 Å². The van der Waals surface area contributed by atoms with Crippen LogP contribution in [0.3, 0.4) is 0 Å². The van der Waals surface area contributed by atoms with Crippen LogP contribution in [0.25, 0.3) is 5.57 Å². The van der Waals surface area contributed by atoms with Crippen molar-refractivity contribution in [3.63, 3.8) is 0 Å². The summed E-state index contributed by atoms with van der Waals surface area (Å²) in [5, 5.41) is 9.04. The van der Waals surface area contributed by atoms with Crippen molar-refractivity contribution >= 4 is 5.57 Å². The number of H-pyrrole nitrogens is 1. The summed E-state index contributed by atoms with van der Waals surface area (Å²) in [5.41, 5.74) is 4.80. The lowest BCUT2D eigenvalue weighted by Gasteiger charge is -2.27. The number of aromatic amines is 1. The van der Waals surface area contributed by atoms with Crippen LogP contribution in [-0.2, 0) is 12.8 Å². The summed E-state index contributed by atoms with van der Waals surface area (Å²) in [5.74, 6) is 0.387. The Bertz CT molecular complexity index is 632. The highest BCUT2D eigenvalue weighted by atomic mass is 14.9. The molecule has 3 nitrogen and oxygen atoms in total. The molecule has 3 heteroatoms. The molecule has 1 aromatic carbocycles. The van der Waals surface area contributed by atoms with Gasteiger partial charge in [-0.05, 0) is 41.9 Å². The Labute approximate surface area is 112 Å². The van der Waals surface area contributed by atoms with Crippen LogP contribution < -0.4 is 0 Å². The van der Waals surface area contributed by atoms with Crippen molar-refractivity contribution in [2.45, 2.75) is 19.3 Å². The largest absolute Gasteiger partial charge is 0.351 e. The van der Waals surface area contributed by atoms with Crippen molar-refractivity contribution in [2.24, 2.45) is 5.92 Å². The molecule has 0 amide bonds. The average Bonchev–Trinajstić information content (AvgIpc) is 2.94. The summed E-state index contributed by atoms with van der Waals surface area (Å²) >= 11 is 0. The van der Waals surface area contributed by atoms with Gasteiger partial charge in [-0.25, -0.2) is 4.98 Å². The van der Waals surface area contributed by atoms with Crippen LogP contribution in [0.15, 0.2) is 42.9 Å². The number of rotatable bonds is 2. The Balaban J connectivity index is 1.95. The second-order valence-corrected chi connectivity index (χ2v) is 4.89. The van der Waals surface area contributed by atoms with Crippen molar-refractivity contribution in [3.05, 3.63) is 59.7 Å². The second kappa shape index (κ2) is 5.11. The Morgan fingerprint density at radius 3 is 3.11 bits per heavy atom. The van der Waals surface area contributed by atoms with E-state index in [9.17, 15) is 0 Å².